The number of hydrogen-bond donors (Lipinski definition) is 0. The summed E-state index contributed by atoms with van der Waals surface area (Å²) in [5.41, 5.74) is -0.513. The molecule has 0 atom stereocenters. The number of hydrogen-bond acceptors (Lipinski definition) is 3. The Balaban J connectivity index is 3.35. The summed E-state index contributed by atoms with van der Waals surface area (Å²) in [6.07, 6.45) is 0.656. The van der Waals surface area contributed by atoms with Crippen LogP contribution in [0.3, 0.4) is 0 Å². The van der Waals surface area contributed by atoms with E-state index < -0.39 is 37.1 Å². The molecule has 1 aromatic carbocycles. The van der Waals surface area contributed by atoms with Gasteiger partial charge in [-0.25, -0.2) is 17.2 Å². The average Bonchev–Trinajstić information content (AvgIpc) is 2.33. The number of carbonyl (C=O) groups is 1. The van der Waals surface area contributed by atoms with Gasteiger partial charge >= 0.3 is 0 Å². The molecule has 0 N–H and O–H groups in total. The molecule has 0 aromatic heterocycles. The van der Waals surface area contributed by atoms with Gasteiger partial charge in [-0.2, -0.15) is 0 Å². The molecule has 20 heavy (non-hydrogen) atoms. The molecule has 0 heterocycles. The Bertz CT molecular complexity index is 619. The number of rotatable bonds is 5. The third-order valence-electron chi connectivity index (χ3n) is 2.68. The van der Waals surface area contributed by atoms with Gasteiger partial charge in [0.25, 0.3) is 15.0 Å². The van der Waals surface area contributed by atoms with Crippen LogP contribution in [0, 0.1) is 11.6 Å². The van der Waals surface area contributed by atoms with Gasteiger partial charge in [-0.3, -0.25) is 4.79 Å². The van der Waals surface area contributed by atoms with Gasteiger partial charge in [-0.05, 0) is 19.4 Å². The lowest BCUT2D eigenvalue weighted by molar-refractivity contribution is 0.0759. The lowest BCUT2D eigenvalue weighted by atomic mass is 10.1. The Hall–Kier alpha value is -1.21. The van der Waals surface area contributed by atoms with Crippen molar-refractivity contribution in [2.45, 2.75) is 25.2 Å². The van der Waals surface area contributed by atoms with Gasteiger partial charge in [0, 0.05) is 29.8 Å². The monoisotopic (exact) mass is 325 g/mol. The summed E-state index contributed by atoms with van der Waals surface area (Å²) in [6.45, 7) is 4.25. The highest BCUT2D eigenvalue weighted by molar-refractivity contribution is 8.13. The van der Waals surface area contributed by atoms with Crippen LogP contribution in [0.25, 0.3) is 0 Å². The second kappa shape index (κ2) is 6.49. The smallest absolute Gasteiger partial charge is 0.264 e. The van der Waals surface area contributed by atoms with E-state index in [9.17, 15) is 22.0 Å². The molecule has 0 bridgehead atoms. The maximum Gasteiger partial charge on any atom is 0.264 e. The summed E-state index contributed by atoms with van der Waals surface area (Å²) >= 11 is 0. The van der Waals surface area contributed by atoms with Crippen molar-refractivity contribution in [3.05, 3.63) is 29.3 Å². The fraction of sp³-hybridized carbons (Fsp3) is 0.417. The van der Waals surface area contributed by atoms with Crippen molar-refractivity contribution in [3.8, 4) is 0 Å². The molecule has 0 aliphatic rings. The minimum atomic E-state index is -4.39. The van der Waals surface area contributed by atoms with Crippen LogP contribution in [0.1, 0.15) is 30.6 Å². The molecular formula is C12H14ClF2NO3S. The first-order chi connectivity index (χ1) is 9.22. The molecule has 0 aliphatic carbocycles. The molecule has 0 saturated carbocycles. The van der Waals surface area contributed by atoms with E-state index in [1.54, 1.807) is 6.92 Å². The minimum Gasteiger partial charge on any atom is -0.339 e. The Morgan fingerprint density at radius 3 is 2.30 bits per heavy atom. The Morgan fingerprint density at radius 1 is 1.25 bits per heavy atom. The van der Waals surface area contributed by atoms with Crippen molar-refractivity contribution in [1.29, 1.82) is 0 Å². The van der Waals surface area contributed by atoms with Crippen LogP contribution < -0.4 is 0 Å². The van der Waals surface area contributed by atoms with E-state index in [0.29, 0.717) is 31.6 Å². The van der Waals surface area contributed by atoms with Crippen LogP contribution in [0.2, 0.25) is 0 Å². The highest BCUT2D eigenvalue weighted by Crippen LogP contribution is 2.23. The summed E-state index contributed by atoms with van der Waals surface area (Å²) in [5, 5.41) is 0. The topological polar surface area (TPSA) is 54.5 Å². The molecule has 0 spiro atoms. The SMILES string of the molecule is CCCN(CC)C(=O)c1cc(S(=O)(=O)Cl)c(F)cc1F. The highest BCUT2D eigenvalue weighted by atomic mass is 35.7. The molecule has 1 amide bonds. The number of halogens is 3. The van der Waals surface area contributed by atoms with Crippen LogP contribution >= 0.6 is 10.7 Å². The summed E-state index contributed by atoms with van der Waals surface area (Å²) in [7, 11) is 0.661. The van der Waals surface area contributed by atoms with E-state index in [0.717, 1.165) is 0 Å². The average molecular weight is 326 g/mol. The summed E-state index contributed by atoms with van der Waals surface area (Å²) < 4.78 is 49.4. The third-order valence-corrected chi connectivity index (χ3v) is 4.01. The van der Waals surface area contributed by atoms with Gasteiger partial charge in [0.2, 0.25) is 0 Å². The predicted molar refractivity (Wildman–Crippen MR) is 71.3 cm³/mol. The Morgan fingerprint density at radius 2 is 1.85 bits per heavy atom. The van der Waals surface area contributed by atoms with Gasteiger partial charge in [-0.1, -0.05) is 6.92 Å². The van der Waals surface area contributed by atoms with Crippen LogP contribution in [0.15, 0.2) is 17.0 Å². The largest absolute Gasteiger partial charge is 0.339 e. The molecule has 0 unspecified atom stereocenters. The molecule has 0 saturated heterocycles. The van der Waals surface area contributed by atoms with Crippen LogP contribution in [-0.2, 0) is 9.05 Å². The Labute approximate surface area is 120 Å². The van der Waals surface area contributed by atoms with Crippen LogP contribution in [0.4, 0.5) is 8.78 Å². The maximum atomic E-state index is 13.7. The van der Waals surface area contributed by atoms with Gasteiger partial charge in [0.1, 0.15) is 16.5 Å². The first-order valence-electron chi connectivity index (χ1n) is 5.95. The van der Waals surface area contributed by atoms with Gasteiger partial charge in [-0.15, -0.1) is 0 Å². The lowest BCUT2D eigenvalue weighted by Crippen LogP contribution is -2.32. The second-order valence-corrected chi connectivity index (χ2v) is 6.62. The van der Waals surface area contributed by atoms with Gasteiger partial charge in [0.15, 0.2) is 0 Å². The number of nitrogens with zero attached hydrogens (tertiary/aromatic N) is 1. The molecule has 1 rings (SSSR count). The van der Waals surface area contributed by atoms with Crippen molar-refractivity contribution in [1.82, 2.24) is 4.90 Å². The first kappa shape index (κ1) is 16.8. The van der Waals surface area contributed by atoms with Crippen molar-refractivity contribution in [3.63, 3.8) is 0 Å². The van der Waals surface area contributed by atoms with Crippen LogP contribution in [-0.4, -0.2) is 32.3 Å². The maximum absolute atomic E-state index is 13.7. The van der Waals surface area contributed by atoms with Crippen molar-refractivity contribution >= 4 is 25.6 Å². The normalized spacial score (nSPS) is 11.4. The number of benzene rings is 1. The van der Waals surface area contributed by atoms with Crippen molar-refractivity contribution < 1.29 is 22.0 Å². The highest BCUT2D eigenvalue weighted by Gasteiger charge is 2.24. The number of carbonyl (C=O) groups excluding carboxylic acids is 1. The number of amides is 1. The van der Waals surface area contributed by atoms with Crippen molar-refractivity contribution in [2.75, 3.05) is 13.1 Å². The molecule has 0 aliphatic heterocycles. The molecule has 0 fully saturated rings. The second-order valence-electron chi connectivity index (χ2n) is 4.09. The summed E-state index contributed by atoms with van der Waals surface area (Å²) in [6, 6.07) is 0.982. The van der Waals surface area contributed by atoms with E-state index in [1.165, 1.54) is 4.90 Å². The lowest BCUT2D eigenvalue weighted by Gasteiger charge is -2.20. The van der Waals surface area contributed by atoms with Gasteiger partial charge in [0.05, 0.1) is 5.56 Å². The molecule has 0 radical (unpaired) electrons. The van der Waals surface area contributed by atoms with E-state index in [1.807, 2.05) is 6.92 Å². The molecule has 1 aromatic rings. The predicted octanol–water partition coefficient (Wildman–Crippen LogP) is 2.76. The zero-order valence-electron chi connectivity index (χ0n) is 11.0. The van der Waals surface area contributed by atoms with E-state index in [4.69, 9.17) is 10.7 Å². The molecule has 8 heteroatoms. The third kappa shape index (κ3) is 3.67. The van der Waals surface area contributed by atoms with Crippen molar-refractivity contribution in [2.24, 2.45) is 0 Å². The standard InChI is InChI=1S/C12H14ClF2NO3S/c1-3-5-16(4-2)12(17)8-6-11(20(13,18)19)10(15)7-9(8)14/h6-7H,3-5H2,1-2H3. The molecule has 112 valence electrons. The molecule has 4 nitrogen and oxygen atoms in total. The fourth-order valence-corrected chi connectivity index (χ4v) is 2.63. The summed E-state index contributed by atoms with van der Waals surface area (Å²) in [5.74, 6) is -3.15. The first-order valence-corrected chi connectivity index (χ1v) is 8.26. The summed E-state index contributed by atoms with van der Waals surface area (Å²) in [4.78, 5) is 12.5. The van der Waals surface area contributed by atoms with E-state index in [-0.39, 0.29) is 0 Å². The van der Waals surface area contributed by atoms with E-state index in [2.05, 4.69) is 0 Å². The van der Waals surface area contributed by atoms with E-state index >= 15 is 0 Å². The quantitative estimate of drug-likeness (QED) is 0.782. The van der Waals surface area contributed by atoms with Crippen LogP contribution in [0.5, 0.6) is 0 Å². The zero-order valence-corrected chi connectivity index (χ0v) is 12.6. The zero-order chi connectivity index (χ0) is 15.5. The fourth-order valence-electron chi connectivity index (χ4n) is 1.72. The Kier molecular flexibility index (Phi) is 5.47. The molecular weight excluding hydrogens is 312 g/mol. The minimum absolute atomic E-state index is 0.326. The van der Waals surface area contributed by atoms with Gasteiger partial charge < -0.3 is 4.90 Å².